The van der Waals surface area contributed by atoms with E-state index in [-0.39, 0.29) is 31.0 Å². The zero-order valence-corrected chi connectivity index (χ0v) is 36.3. The lowest BCUT2D eigenvalue weighted by atomic mass is 9.85. The molecule has 14 nitrogen and oxygen atoms in total. The third-order valence-corrected chi connectivity index (χ3v) is 13.2. The molecular weight excluding hydrogens is 778 g/mol. The molecular formula is C44H62ClN5O9. The standard InChI is InChI=1S/C44H62ClN5O9/c1-8-28-23-44(28,41(53)55-7)48-39(51)33-22-31(24-50(33)40(52)38(43(4,5)6)47-42(54)59-30-19-26-18-27(26)20-30)58-35-21-29(17-25(2)3)46-37-32(35)9-10-34(36(37)45)57-16-13-49-11-14-56-15-12-49/h9-10,17,21,26-31,33,38,46H,8,11-16,18-20,22-24H2,1-7H3,(H,47,54)(H,48,51)/t26-,27+,28-,29?,30+,31-,33+,38-,44-/m1/s1. The van der Waals surface area contributed by atoms with Crippen molar-refractivity contribution in [1.82, 2.24) is 20.4 Å². The van der Waals surface area contributed by atoms with Gasteiger partial charge in [-0.3, -0.25) is 14.5 Å². The van der Waals surface area contributed by atoms with E-state index in [9.17, 15) is 19.2 Å². The summed E-state index contributed by atoms with van der Waals surface area (Å²) in [6.45, 7) is 16.0. The second-order valence-electron chi connectivity index (χ2n) is 18.5. The van der Waals surface area contributed by atoms with E-state index in [1.807, 2.05) is 59.8 Å². The molecule has 3 saturated carbocycles. The van der Waals surface area contributed by atoms with E-state index in [4.69, 9.17) is 35.3 Å². The van der Waals surface area contributed by atoms with Gasteiger partial charge in [0.25, 0.3) is 0 Å². The topological polar surface area (TPSA) is 157 Å². The molecule has 59 heavy (non-hydrogen) atoms. The number of carbonyl (C=O) groups is 4. The van der Waals surface area contributed by atoms with Gasteiger partial charge in [0.2, 0.25) is 11.8 Å². The average Bonchev–Trinajstić information content (AvgIpc) is 4.00. The molecule has 0 aromatic heterocycles. The molecule has 15 heteroatoms. The summed E-state index contributed by atoms with van der Waals surface area (Å²) in [5.74, 6) is 0.832. The van der Waals surface area contributed by atoms with Crippen molar-refractivity contribution in [2.45, 2.75) is 116 Å². The third-order valence-electron chi connectivity index (χ3n) is 12.8. The number of morpholine rings is 1. The Morgan fingerprint density at radius 2 is 1.80 bits per heavy atom. The molecule has 3 aliphatic heterocycles. The van der Waals surface area contributed by atoms with Crippen LogP contribution in [-0.2, 0) is 33.3 Å². The van der Waals surface area contributed by atoms with E-state index < -0.39 is 53.0 Å². The van der Waals surface area contributed by atoms with Crippen LogP contribution in [0.2, 0.25) is 5.02 Å². The third kappa shape index (κ3) is 9.65. The Labute approximate surface area is 353 Å². The Bertz CT molecular complexity index is 1830. The highest BCUT2D eigenvalue weighted by Crippen LogP contribution is 2.52. The van der Waals surface area contributed by atoms with Crippen LogP contribution in [0.1, 0.15) is 85.6 Å². The lowest BCUT2D eigenvalue weighted by molar-refractivity contribution is -0.148. The van der Waals surface area contributed by atoms with Crippen LogP contribution < -0.4 is 20.7 Å². The number of nitrogens with zero attached hydrogens (tertiary/aromatic N) is 2. The van der Waals surface area contributed by atoms with Crippen LogP contribution in [-0.4, -0.2) is 123 Å². The summed E-state index contributed by atoms with van der Waals surface area (Å²) in [4.78, 5) is 59.3. The normalized spacial score (nSPS) is 30.1. The van der Waals surface area contributed by atoms with Gasteiger partial charge in [-0.25, -0.2) is 9.59 Å². The van der Waals surface area contributed by atoms with Crippen LogP contribution in [0.4, 0.5) is 10.5 Å². The van der Waals surface area contributed by atoms with Gasteiger partial charge >= 0.3 is 12.1 Å². The van der Waals surface area contributed by atoms with Gasteiger partial charge < -0.3 is 44.5 Å². The van der Waals surface area contributed by atoms with Gasteiger partial charge in [0.05, 0.1) is 38.6 Å². The number of hydrogen-bond acceptors (Lipinski definition) is 11. The Balaban J connectivity index is 1.13. The molecule has 5 fully saturated rings. The largest absolute Gasteiger partial charge is 0.491 e. The Kier molecular flexibility index (Phi) is 12.8. The zero-order chi connectivity index (χ0) is 42.2. The Morgan fingerprint density at radius 1 is 1.07 bits per heavy atom. The van der Waals surface area contributed by atoms with Gasteiger partial charge in [-0.1, -0.05) is 57.4 Å². The molecule has 7 rings (SSSR count). The predicted molar refractivity (Wildman–Crippen MR) is 223 cm³/mol. The second-order valence-corrected chi connectivity index (χ2v) is 18.9. The molecule has 2 saturated heterocycles. The number of esters is 1. The van der Waals surface area contributed by atoms with E-state index in [0.717, 1.165) is 43.6 Å². The van der Waals surface area contributed by atoms with Crippen molar-refractivity contribution >= 4 is 46.9 Å². The zero-order valence-electron chi connectivity index (χ0n) is 35.6. The molecule has 3 aliphatic carbocycles. The smallest absolute Gasteiger partial charge is 0.408 e. The summed E-state index contributed by atoms with van der Waals surface area (Å²) in [6, 6.07) is 1.45. The molecule has 1 aromatic rings. The maximum atomic E-state index is 14.8. The highest BCUT2D eigenvalue weighted by Gasteiger charge is 2.62. The SMILES string of the molecule is CC[C@@H]1C[C@]1(NC(=O)[C@@H]1C[C@@H](OC2=CC(C=C(C)C)Nc3c2ccc(OCCN2CCOCC2)c3Cl)CN1C(=O)[C@@H](NC(=O)O[C@@H]1C[C@@H]2C[C@@H]2C1)C(C)(C)C)C(=O)OC. The van der Waals surface area contributed by atoms with Gasteiger partial charge in [-0.15, -0.1) is 0 Å². The summed E-state index contributed by atoms with van der Waals surface area (Å²) in [7, 11) is 1.31. The summed E-state index contributed by atoms with van der Waals surface area (Å²) >= 11 is 7.06. The van der Waals surface area contributed by atoms with E-state index in [1.54, 1.807) is 0 Å². The van der Waals surface area contributed by atoms with E-state index in [2.05, 4.69) is 26.9 Å². The van der Waals surface area contributed by atoms with E-state index >= 15 is 0 Å². The molecule has 3 amide bonds. The van der Waals surface area contributed by atoms with Gasteiger partial charge in [0.15, 0.2) is 0 Å². The number of nitrogens with one attached hydrogen (secondary N) is 3. The average molecular weight is 840 g/mol. The van der Waals surface area contributed by atoms with Crippen molar-refractivity contribution in [1.29, 1.82) is 0 Å². The van der Waals surface area contributed by atoms with E-state index in [0.29, 0.717) is 66.7 Å². The maximum Gasteiger partial charge on any atom is 0.408 e. The highest BCUT2D eigenvalue weighted by molar-refractivity contribution is 6.35. The summed E-state index contributed by atoms with van der Waals surface area (Å²) in [6.07, 6.45) is 6.73. The van der Waals surface area contributed by atoms with Crippen molar-refractivity contribution in [3.8, 4) is 5.75 Å². The first-order chi connectivity index (χ1) is 28.1. The van der Waals surface area contributed by atoms with Crippen molar-refractivity contribution in [3.05, 3.63) is 40.4 Å². The van der Waals surface area contributed by atoms with Gasteiger partial charge in [-0.2, -0.15) is 0 Å². The lowest BCUT2D eigenvalue weighted by Crippen LogP contribution is -2.59. The molecule has 9 atom stereocenters. The predicted octanol–water partition coefficient (Wildman–Crippen LogP) is 5.54. The molecule has 0 bridgehead atoms. The number of allylic oxidation sites excluding steroid dienone is 1. The van der Waals surface area contributed by atoms with Crippen LogP contribution in [0.25, 0.3) is 5.76 Å². The fourth-order valence-corrected chi connectivity index (χ4v) is 9.60. The summed E-state index contributed by atoms with van der Waals surface area (Å²) in [5, 5.41) is 9.82. The molecule has 1 unspecified atom stereocenters. The highest BCUT2D eigenvalue weighted by atomic mass is 35.5. The van der Waals surface area contributed by atoms with Crippen molar-refractivity contribution in [2.75, 3.05) is 58.4 Å². The minimum Gasteiger partial charge on any atom is -0.491 e. The molecule has 6 aliphatic rings. The second kappa shape index (κ2) is 17.5. The number of anilines is 1. The first-order valence-electron chi connectivity index (χ1n) is 21.3. The molecule has 324 valence electrons. The molecule has 3 N–H and O–H groups in total. The van der Waals surface area contributed by atoms with Gasteiger partial charge in [-0.05, 0) is 80.9 Å². The number of rotatable bonds is 14. The molecule has 0 radical (unpaired) electrons. The quantitative estimate of drug-likeness (QED) is 0.160. The fourth-order valence-electron chi connectivity index (χ4n) is 9.33. The first-order valence-corrected chi connectivity index (χ1v) is 21.7. The van der Waals surface area contributed by atoms with Crippen LogP contribution in [0, 0.1) is 23.2 Å². The summed E-state index contributed by atoms with van der Waals surface area (Å²) < 4.78 is 29.4. The number of ether oxygens (including phenoxy) is 5. The lowest BCUT2D eigenvalue weighted by Gasteiger charge is -2.35. The van der Waals surface area contributed by atoms with Crippen LogP contribution in [0.3, 0.4) is 0 Å². The van der Waals surface area contributed by atoms with Gasteiger partial charge in [0, 0.05) is 31.6 Å². The number of likely N-dealkylation sites (tertiary alicyclic amines) is 1. The fraction of sp³-hybridized carbons (Fsp3) is 0.682. The maximum absolute atomic E-state index is 14.8. The molecule has 3 heterocycles. The Hall–Kier alpha value is -4.01. The molecule has 0 spiro atoms. The summed E-state index contributed by atoms with van der Waals surface area (Å²) in [5.41, 5.74) is 0.561. The monoisotopic (exact) mass is 839 g/mol. The van der Waals surface area contributed by atoms with Crippen molar-refractivity contribution in [3.63, 3.8) is 0 Å². The number of carbonyl (C=O) groups excluding carboxylic acids is 4. The minimum absolute atomic E-state index is 0.0541. The number of halogens is 1. The van der Waals surface area contributed by atoms with Crippen LogP contribution in [0.5, 0.6) is 5.75 Å². The van der Waals surface area contributed by atoms with E-state index in [1.165, 1.54) is 18.4 Å². The Morgan fingerprint density at radius 3 is 2.44 bits per heavy atom. The number of methoxy groups -OCH3 is 1. The minimum atomic E-state index is -1.16. The van der Waals surface area contributed by atoms with Crippen molar-refractivity contribution < 1.29 is 42.9 Å². The number of fused-ring (bicyclic) bond motifs is 2. The first kappa shape index (κ1) is 43.1. The number of amides is 3. The van der Waals surface area contributed by atoms with Crippen LogP contribution >= 0.6 is 11.6 Å². The van der Waals surface area contributed by atoms with Crippen molar-refractivity contribution in [2.24, 2.45) is 23.2 Å². The number of hydrogen-bond donors (Lipinski definition) is 3. The number of alkyl carbamates (subject to hydrolysis) is 1. The molecule has 1 aromatic carbocycles. The van der Waals surface area contributed by atoms with Gasteiger partial charge in [0.1, 0.15) is 53.0 Å². The number of benzene rings is 1. The van der Waals surface area contributed by atoms with Crippen LogP contribution in [0.15, 0.2) is 29.9 Å².